The number of ether oxygens (including phenoxy) is 1. The molecule has 0 N–H and O–H groups in total. The number of nitrogens with zero attached hydrogens (tertiary/aromatic N) is 1. The Morgan fingerprint density at radius 2 is 2.00 bits per heavy atom. The Balaban J connectivity index is 2.71. The molecule has 6 heteroatoms. The Kier molecular flexibility index (Phi) is 3.85. The highest BCUT2D eigenvalue weighted by atomic mass is 79.9. The first kappa shape index (κ1) is 13.0. The molecule has 0 spiro atoms. The van der Waals surface area contributed by atoms with Gasteiger partial charge in [0.1, 0.15) is 0 Å². The zero-order valence-electron chi connectivity index (χ0n) is 8.63. The topological polar surface area (TPSA) is 39.2 Å². The van der Waals surface area contributed by atoms with Crippen LogP contribution in [0.2, 0.25) is 0 Å². The van der Waals surface area contributed by atoms with E-state index in [1.54, 1.807) is 6.20 Å². The fourth-order valence-electron chi connectivity index (χ4n) is 1.40. The molecule has 0 aliphatic heterocycles. The van der Waals surface area contributed by atoms with Crippen LogP contribution in [0.4, 0.5) is 0 Å². The Morgan fingerprint density at radius 1 is 1.29 bits per heavy atom. The molecule has 0 bridgehead atoms. The molecule has 0 fully saturated rings. The third kappa shape index (κ3) is 2.69. The van der Waals surface area contributed by atoms with E-state index in [9.17, 15) is 4.79 Å². The molecule has 1 heterocycles. The molecule has 0 aliphatic carbocycles. The third-order valence-electron chi connectivity index (χ3n) is 2.04. The second-order valence-corrected chi connectivity index (χ2v) is 5.88. The number of benzene rings is 1. The maximum Gasteiger partial charge on any atom is 0.308 e. The molecule has 0 saturated heterocycles. The fourth-order valence-corrected chi connectivity index (χ4v) is 3.17. The van der Waals surface area contributed by atoms with Crippen LogP contribution in [0.25, 0.3) is 10.9 Å². The number of pyridine rings is 1. The van der Waals surface area contributed by atoms with Gasteiger partial charge in [-0.25, -0.2) is 0 Å². The molecule has 0 unspecified atom stereocenters. The summed E-state index contributed by atoms with van der Waals surface area (Å²) in [6.07, 6.45) is 1.69. The van der Waals surface area contributed by atoms with Gasteiger partial charge in [-0.3, -0.25) is 9.78 Å². The van der Waals surface area contributed by atoms with Crippen molar-refractivity contribution in [1.29, 1.82) is 0 Å². The van der Waals surface area contributed by atoms with Crippen LogP contribution in [0.15, 0.2) is 31.7 Å². The van der Waals surface area contributed by atoms with E-state index < -0.39 is 0 Å². The summed E-state index contributed by atoms with van der Waals surface area (Å²) in [4.78, 5) is 15.3. The van der Waals surface area contributed by atoms with E-state index in [0.717, 1.165) is 15.4 Å². The minimum Gasteiger partial charge on any atom is -0.424 e. The predicted octanol–water partition coefficient (Wildman–Crippen LogP) is 4.45. The van der Waals surface area contributed by atoms with Crippen LogP contribution in [0.5, 0.6) is 5.75 Å². The number of carbonyl (C=O) groups excluding carboxylic acids is 1. The highest BCUT2D eigenvalue weighted by molar-refractivity contribution is 9.11. The Morgan fingerprint density at radius 3 is 2.65 bits per heavy atom. The van der Waals surface area contributed by atoms with E-state index in [1.807, 2.05) is 12.1 Å². The van der Waals surface area contributed by atoms with Crippen molar-refractivity contribution in [2.45, 2.75) is 6.92 Å². The summed E-state index contributed by atoms with van der Waals surface area (Å²) < 4.78 is 7.38. The van der Waals surface area contributed by atoms with Gasteiger partial charge < -0.3 is 4.74 Å². The van der Waals surface area contributed by atoms with E-state index in [4.69, 9.17) is 4.74 Å². The molecule has 0 amide bonds. The minimum atomic E-state index is -0.372. The van der Waals surface area contributed by atoms with Crippen LogP contribution >= 0.6 is 47.8 Å². The standard InChI is InChI=1S/C11H6Br3NO2/c1-5(16)17-11-8(13)3-6-2-7(12)4-15-10(6)9(11)14/h2-4H,1H3. The number of aromatic nitrogens is 1. The van der Waals surface area contributed by atoms with Crippen molar-refractivity contribution in [3.63, 3.8) is 0 Å². The first-order valence-corrected chi connectivity index (χ1v) is 6.98. The number of hydrogen-bond acceptors (Lipinski definition) is 3. The lowest BCUT2D eigenvalue weighted by atomic mass is 10.2. The number of carbonyl (C=O) groups is 1. The number of hydrogen-bond donors (Lipinski definition) is 0. The van der Waals surface area contributed by atoms with Crippen molar-refractivity contribution in [3.8, 4) is 5.75 Å². The summed E-state index contributed by atoms with van der Waals surface area (Å²) in [5.74, 6) is 0.0719. The average molecular weight is 424 g/mol. The van der Waals surface area contributed by atoms with Crippen LogP contribution in [-0.4, -0.2) is 11.0 Å². The van der Waals surface area contributed by atoms with Crippen molar-refractivity contribution < 1.29 is 9.53 Å². The van der Waals surface area contributed by atoms with Crippen LogP contribution in [0.1, 0.15) is 6.92 Å². The van der Waals surface area contributed by atoms with Crippen LogP contribution in [-0.2, 0) is 4.79 Å². The van der Waals surface area contributed by atoms with E-state index in [2.05, 4.69) is 52.8 Å². The Hall–Kier alpha value is -0.460. The van der Waals surface area contributed by atoms with Gasteiger partial charge in [0, 0.05) is 23.0 Å². The SMILES string of the molecule is CC(=O)Oc1c(Br)cc2cc(Br)cnc2c1Br. The normalized spacial score (nSPS) is 10.6. The second kappa shape index (κ2) is 5.04. The lowest BCUT2D eigenvalue weighted by Crippen LogP contribution is -2.03. The maximum atomic E-state index is 11.0. The molecular formula is C11H6Br3NO2. The van der Waals surface area contributed by atoms with Gasteiger partial charge in [0.05, 0.1) is 14.5 Å². The van der Waals surface area contributed by atoms with E-state index >= 15 is 0 Å². The lowest BCUT2D eigenvalue weighted by molar-refractivity contribution is -0.131. The highest BCUT2D eigenvalue weighted by Crippen LogP contribution is 2.39. The Bertz CT molecular complexity index is 613. The predicted molar refractivity (Wildman–Crippen MR) is 76.2 cm³/mol. The minimum absolute atomic E-state index is 0.372. The van der Waals surface area contributed by atoms with Gasteiger partial charge in [-0.15, -0.1) is 0 Å². The molecule has 1 aromatic carbocycles. The number of rotatable bonds is 1. The molecule has 0 aliphatic rings. The summed E-state index contributed by atoms with van der Waals surface area (Å²) in [5.41, 5.74) is 0.743. The molecule has 17 heavy (non-hydrogen) atoms. The molecule has 3 nitrogen and oxygen atoms in total. The summed E-state index contributed by atoms with van der Waals surface area (Å²) >= 11 is 10.1. The molecule has 88 valence electrons. The van der Waals surface area contributed by atoms with Crippen LogP contribution in [0.3, 0.4) is 0 Å². The number of esters is 1. The van der Waals surface area contributed by atoms with Crippen molar-refractivity contribution in [2.24, 2.45) is 0 Å². The Labute approximate surface area is 123 Å². The van der Waals surface area contributed by atoms with Gasteiger partial charge in [0.2, 0.25) is 0 Å². The first-order valence-electron chi connectivity index (χ1n) is 4.60. The number of halogens is 3. The maximum absolute atomic E-state index is 11.0. The lowest BCUT2D eigenvalue weighted by Gasteiger charge is -2.09. The third-order valence-corrected chi connectivity index (χ3v) is 3.79. The molecule has 0 radical (unpaired) electrons. The van der Waals surface area contributed by atoms with Crippen molar-refractivity contribution in [3.05, 3.63) is 31.7 Å². The van der Waals surface area contributed by atoms with Gasteiger partial charge in [-0.05, 0) is 59.9 Å². The average Bonchev–Trinajstić information content (AvgIpc) is 2.23. The highest BCUT2D eigenvalue weighted by Gasteiger charge is 2.14. The van der Waals surface area contributed by atoms with Gasteiger partial charge in [0.25, 0.3) is 0 Å². The molecule has 0 saturated carbocycles. The second-order valence-electron chi connectivity index (χ2n) is 3.32. The monoisotopic (exact) mass is 421 g/mol. The van der Waals surface area contributed by atoms with Gasteiger partial charge in [0.15, 0.2) is 5.75 Å². The van der Waals surface area contributed by atoms with Gasteiger partial charge >= 0.3 is 5.97 Å². The summed E-state index contributed by atoms with van der Waals surface area (Å²) in [6.45, 7) is 1.36. The van der Waals surface area contributed by atoms with Gasteiger partial charge in [-0.2, -0.15) is 0 Å². The fraction of sp³-hybridized carbons (Fsp3) is 0.0909. The molecule has 2 aromatic rings. The summed E-state index contributed by atoms with van der Waals surface area (Å²) in [6, 6.07) is 3.80. The summed E-state index contributed by atoms with van der Waals surface area (Å²) in [7, 11) is 0. The van der Waals surface area contributed by atoms with Crippen LogP contribution in [0, 0.1) is 0 Å². The molecular weight excluding hydrogens is 418 g/mol. The quantitative estimate of drug-likeness (QED) is 0.502. The molecule has 0 atom stereocenters. The van der Waals surface area contributed by atoms with E-state index in [0.29, 0.717) is 14.7 Å². The smallest absolute Gasteiger partial charge is 0.308 e. The van der Waals surface area contributed by atoms with Crippen LogP contribution < -0.4 is 4.74 Å². The largest absolute Gasteiger partial charge is 0.424 e. The first-order chi connectivity index (χ1) is 7.99. The zero-order chi connectivity index (χ0) is 12.6. The number of fused-ring (bicyclic) bond motifs is 1. The molecule has 2 rings (SSSR count). The van der Waals surface area contributed by atoms with E-state index in [1.165, 1.54) is 6.92 Å². The summed E-state index contributed by atoms with van der Waals surface area (Å²) in [5, 5.41) is 0.939. The van der Waals surface area contributed by atoms with E-state index in [-0.39, 0.29) is 5.97 Å². The van der Waals surface area contributed by atoms with Crippen molar-refractivity contribution >= 4 is 64.7 Å². The van der Waals surface area contributed by atoms with Crippen molar-refractivity contribution in [2.75, 3.05) is 0 Å². The molecule has 1 aromatic heterocycles. The van der Waals surface area contributed by atoms with Crippen molar-refractivity contribution in [1.82, 2.24) is 4.98 Å². The van der Waals surface area contributed by atoms with Gasteiger partial charge in [-0.1, -0.05) is 0 Å². The zero-order valence-corrected chi connectivity index (χ0v) is 13.4.